The van der Waals surface area contributed by atoms with Gasteiger partial charge in [0.05, 0.1) is 0 Å². The topological polar surface area (TPSA) is 59.6 Å². The SMILES string of the molecule is CCNC(=NCCc1c[nH]c2cccc(C)c12)N1CCN(c2ccccn2)CC1.I. The number of piperazine rings is 1. The van der Waals surface area contributed by atoms with E-state index in [4.69, 9.17) is 4.99 Å². The van der Waals surface area contributed by atoms with Gasteiger partial charge in [0.25, 0.3) is 0 Å². The Morgan fingerprint density at radius 1 is 1.13 bits per heavy atom. The van der Waals surface area contributed by atoms with E-state index in [-0.39, 0.29) is 24.0 Å². The lowest BCUT2D eigenvalue weighted by Crippen LogP contribution is -2.52. The van der Waals surface area contributed by atoms with Gasteiger partial charge in [0.15, 0.2) is 5.96 Å². The van der Waals surface area contributed by atoms with Crippen molar-refractivity contribution in [3.05, 3.63) is 59.9 Å². The summed E-state index contributed by atoms with van der Waals surface area (Å²) in [4.78, 5) is 17.5. The van der Waals surface area contributed by atoms with E-state index in [1.165, 1.54) is 22.0 Å². The van der Waals surface area contributed by atoms with Crippen molar-refractivity contribution >= 4 is 46.7 Å². The monoisotopic (exact) mass is 518 g/mol. The van der Waals surface area contributed by atoms with E-state index >= 15 is 0 Å². The van der Waals surface area contributed by atoms with Crippen LogP contribution in [0.3, 0.4) is 0 Å². The van der Waals surface area contributed by atoms with Gasteiger partial charge in [0.2, 0.25) is 0 Å². The normalized spacial score (nSPS) is 14.7. The van der Waals surface area contributed by atoms with Gasteiger partial charge in [-0.15, -0.1) is 24.0 Å². The largest absolute Gasteiger partial charge is 0.361 e. The summed E-state index contributed by atoms with van der Waals surface area (Å²) in [7, 11) is 0. The zero-order valence-electron chi connectivity index (χ0n) is 17.8. The summed E-state index contributed by atoms with van der Waals surface area (Å²) in [5.74, 6) is 2.08. The Morgan fingerprint density at radius 2 is 1.97 bits per heavy atom. The van der Waals surface area contributed by atoms with Crippen LogP contribution in [0.5, 0.6) is 0 Å². The Kier molecular flexibility index (Phi) is 7.95. The van der Waals surface area contributed by atoms with Crippen molar-refractivity contribution in [2.45, 2.75) is 20.3 Å². The molecule has 3 aromatic rings. The highest BCUT2D eigenvalue weighted by molar-refractivity contribution is 14.0. The van der Waals surface area contributed by atoms with Crippen LogP contribution < -0.4 is 10.2 Å². The third kappa shape index (κ3) is 5.06. The molecule has 0 amide bonds. The Labute approximate surface area is 195 Å². The molecule has 2 N–H and O–H groups in total. The van der Waals surface area contributed by atoms with E-state index in [9.17, 15) is 0 Å². The van der Waals surface area contributed by atoms with Crippen molar-refractivity contribution in [2.24, 2.45) is 4.99 Å². The second-order valence-corrected chi connectivity index (χ2v) is 7.46. The number of fused-ring (bicyclic) bond motifs is 1. The van der Waals surface area contributed by atoms with Gasteiger partial charge < -0.3 is 20.1 Å². The zero-order chi connectivity index (χ0) is 20.1. The van der Waals surface area contributed by atoms with Gasteiger partial charge in [-0.1, -0.05) is 18.2 Å². The number of guanidine groups is 1. The Hall–Kier alpha value is -2.29. The lowest BCUT2D eigenvalue weighted by molar-refractivity contribution is 0.371. The first kappa shape index (κ1) is 22.4. The predicted octanol–water partition coefficient (Wildman–Crippen LogP) is 3.82. The summed E-state index contributed by atoms with van der Waals surface area (Å²) in [6.45, 7) is 9.79. The summed E-state index contributed by atoms with van der Waals surface area (Å²) in [6.07, 6.45) is 4.93. The maximum absolute atomic E-state index is 4.93. The number of anilines is 1. The molecule has 0 atom stereocenters. The summed E-state index contributed by atoms with van der Waals surface area (Å²) in [5, 5.41) is 4.81. The fourth-order valence-corrected chi connectivity index (χ4v) is 4.04. The first-order valence-electron chi connectivity index (χ1n) is 10.5. The number of nitrogens with one attached hydrogen (secondary N) is 2. The highest BCUT2D eigenvalue weighted by Gasteiger charge is 2.20. The lowest BCUT2D eigenvalue weighted by atomic mass is 10.1. The van der Waals surface area contributed by atoms with Crippen LogP contribution in [0.2, 0.25) is 0 Å². The second kappa shape index (κ2) is 10.7. The standard InChI is InChI=1S/C23H30N6.HI/c1-3-24-23(29-15-13-28(14-16-29)21-9-4-5-11-25-21)26-12-10-19-17-27-20-8-6-7-18(2)22(19)20;/h4-9,11,17,27H,3,10,12-16H2,1-2H3,(H,24,26);1H. The summed E-state index contributed by atoms with van der Waals surface area (Å²) in [6, 6.07) is 12.5. The zero-order valence-corrected chi connectivity index (χ0v) is 20.1. The van der Waals surface area contributed by atoms with E-state index in [0.29, 0.717) is 0 Å². The van der Waals surface area contributed by atoms with Crippen molar-refractivity contribution in [3.63, 3.8) is 0 Å². The molecule has 1 fully saturated rings. The number of pyridine rings is 1. The van der Waals surface area contributed by atoms with Crippen LogP contribution >= 0.6 is 24.0 Å². The van der Waals surface area contributed by atoms with Crippen LogP contribution in [0.4, 0.5) is 5.82 Å². The number of H-pyrrole nitrogens is 1. The van der Waals surface area contributed by atoms with E-state index < -0.39 is 0 Å². The molecule has 6 nitrogen and oxygen atoms in total. The Balaban J connectivity index is 0.00000256. The summed E-state index contributed by atoms with van der Waals surface area (Å²) >= 11 is 0. The number of benzene rings is 1. The number of hydrogen-bond donors (Lipinski definition) is 2. The van der Waals surface area contributed by atoms with Gasteiger partial charge in [0.1, 0.15) is 5.82 Å². The van der Waals surface area contributed by atoms with Crippen molar-refractivity contribution < 1.29 is 0 Å². The molecule has 1 aromatic carbocycles. The van der Waals surface area contributed by atoms with Crippen LogP contribution in [0.1, 0.15) is 18.1 Å². The molecule has 1 aliphatic heterocycles. The molecule has 7 heteroatoms. The third-order valence-electron chi connectivity index (χ3n) is 5.53. The number of nitrogens with zero attached hydrogens (tertiary/aromatic N) is 4. The number of aliphatic imine (C=N–C) groups is 1. The smallest absolute Gasteiger partial charge is 0.194 e. The minimum absolute atomic E-state index is 0. The molecule has 3 heterocycles. The van der Waals surface area contributed by atoms with E-state index in [1.807, 2.05) is 18.3 Å². The van der Waals surface area contributed by atoms with Crippen molar-refractivity contribution in [1.29, 1.82) is 0 Å². The minimum atomic E-state index is 0. The molecular weight excluding hydrogens is 487 g/mol. The highest BCUT2D eigenvalue weighted by Crippen LogP contribution is 2.22. The first-order chi connectivity index (χ1) is 14.3. The molecule has 160 valence electrons. The molecule has 0 spiro atoms. The van der Waals surface area contributed by atoms with Gasteiger partial charge in [-0.25, -0.2) is 4.98 Å². The lowest BCUT2D eigenvalue weighted by Gasteiger charge is -2.37. The van der Waals surface area contributed by atoms with Crippen LogP contribution in [0, 0.1) is 6.92 Å². The van der Waals surface area contributed by atoms with E-state index in [1.54, 1.807) is 0 Å². The summed E-state index contributed by atoms with van der Waals surface area (Å²) in [5.41, 5.74) is 3.87. The van der Waals surface area contributed by atoms with Crippen molar-refractivity contribution in [1.82, 2.24) is 20.2 Å². The van der Waals surface area contributed by atoms with Crippen LogP contribution in [-0.2, 0) is 6.42 Å². The maximum Gasteiger partial charge on any atom is 0.194 e. The predicted molar refractivity (Wildman–Crippen MR) is 136 cm³/mol. The number of halogens is 1. The van der Waals surface area contributed by atoms with Crippen LogP contribution in [0.15, 0.2) is 53.8 Å². The van der Waals surface area contributed by atoms with Crippen LogP contribution in [0.25, 0.3) is 10.9 Å². The third-order valence-corrected chi connectivity index (χ3v) is 5.53. The fourth-order valence-electron chi connectivity index (χ4n) is 4.04. The molecule has 30 heavy (non-hydrogen) atoms. The quantitative estimate of drug-likeness (QED) is 0.307. The molecule has 1 aliphatic rings. The highest BCUT2D eigenvalue weighted by atomic mass is 127. The molecule has 4 rings (SSSR count). The molecule has 0 aliphatic carbocycles. The van der Waals surface area contributed by atoms with Gasteiger partial charge in [0, 0.05) is 62.6 Å². The maximum atomic E-state index is 4.93. The van der Waals surface area contributed by atoms with Gasteiger partial charge in [-0.2, -0.15) is 0 Å². The summed E-state index contributed by atoms with van der Waals surface area (Å²) < 4.78 is 0. The Morgan fingerprint density at radius 3 is 2.70 bits per heavy atom. The second-order valence-electron chi connectivity index (χ2n) is 7.46. The van der Waals surface area contributed by atoms with Gasteiger partial charge in [-0.3, -0.25) is 4.99 Å². The number of aromatic amines is 1. The van der Waals surface area contributed by atoms with E-state index in [0.717, 1.165) is 57.5 Å². The molecule has 0 saturated carbocycles. The molecule has 0 bridgehead atoms. The minimum Gasteiger partial charge on any atom is -0.361 e. The number of aryl methyl sites for hydroxylation is 1. The molecule has 2 aromatic heterocycles. The molecular formula is C23H31IN6. The Bertz CT molecular complexity index is 960. The van der Waals surface area contributed by atoms with Crippen molar-refractivity contribution in [2.75, 3.05) is 44.2 Å². The van der Waals surface area contributed by atoms with Gasteiger partial charge in [-0.05, 0) is 49.6 Å². The average molecular weight is 518 g/mol. The average Bonchev–Trinajstić information content (AvgIpc) is 3.18. The molecule has 1 saturated heterocycles. The number of aromatic nitrogens is 2. The number of rotatable bonds is 5. The first-order valence-corrected chi connectivity index (χ1v) is 10.5. The van der Waals surface area contributed by atoms with Crippen LogP contribution in [-0.4, -0.2) is 60.1 Å². The van der Waals surface area contributed by atoms with E-state index in [2.05, 4.69) is 69.4 Å². The number of hydrogen-bond acceptors (Lipinski definition) is 3. The molecule has 0 radical (unpaired) electrons. The van der Waals surface area contributed by atoms with Crippen molar-refractivity contribution in [3.8, 4) is 0 Å². The fraction of sp³-hybridized carbons (Fsp3) is 0.391. The van der Waals surface area contributed by atoms with Gasteiger partial charge >= 0.3 is 0 Å². The molecule has 0 unspecified atom stereocenters.